The summed E-state index contributed by atoms with van der Waals surface area (Å²) in [5.74, 6) is -0.517. The molecule has 2 heterocycles. The van der Waals surface area contributed by atoms with Gasteiger partial charge in [0.2, 0.25) is 5.95 Å². The SMILES string of the molecule is N[C@H](CCc1ncc(-c2ccc3cnc(F)cc3c2)s1)Cc1ccc(C(F)(F)F)cc1. The minimum atomic E-state index is -4.33. The summed E-state index contributed by atoms with van der Waals surface area (Å²) in [6.45, 7) is 0. The number of pyridine rings is 1. The van der Waals surface area contributed by atoms with Crippen molar-refractivity contribution in [3.63, 3.8) is 0 Å². The lowest BCUT2D eigenvalue weighted by Gasteiger charge is -2.12. The van der Waals surface area contributed by atoms with Gasteiger partial charge in [0.15, 0.2) is 0 Å². The summed E-state index contributed by atoms with van der Waals surface area (Å²) in [7, 11) is 0. The number of thiazole rings is 1. The highest BCUT2D eigenvalue weighted by Crippen LogP contribution is 2.30. The van der Waals surface area contributed by atoms with Crippen molar-refractivity contribution < 1.29 is 17.6 Å². The van der Waals surface area contributed by atoms with Crippen molar-refractivity contribution in [3.05, 3.63) is 83.0 Å². The third-order valence-electron chi connectivity index (χ3n) is 5.03. The lowest BCUT2D eigenvalue weighted by Crippen LogP contribution is -2.23. The first-order valence-corrected chi connectivity index (χ1v) is 10.5. The van der Waals surface area contributed by atoms with Crippen LogP contribution in [0.5, 0.6) is 0 Å². The molecule has 4 rings (SSSR count). The van der Waals surface area contributed by atoms with E-state index in [1.54, 1.807) is 17.5 Å². The number of nitrogens with zero attached hydrogens (tertiary/aromatic N) is 2. The fraction of sp³-hybridized carbons (Fsp3) is 0.217. The van der Waals surface area contributed by atoms with Crippen molar-refractivity contribution in [3.8, 4) is 10.4 Å². The van der Waals surface area contributed by atoms with E-state index < -0.39 is 17.7 Å². The number of benzene rings is 2. The van der Waals surface area contributed by atoms with E-state index in [9.17, 15) is 17.6 Å². The molecule has 0 unspecified atom stereocenters. The van der Waals surface area contributed by atoms with Gasteiger partial charge in [0.1, 0.15) is 0 Å². The van der Waals surface area contributed by atoms with Gasteiger partial charge in [-0.05, 0) is 47.6 Å². The molecule has 0 aliphatic carbocycles. The van der Waals surface area contributed by atoms with Crippen molar-refractivity contribution in [2.75, 3.05) is 0 Å². The van der Waals surface area contributed by atoms with E-state index >= 15 is 0 Å². The van der Waals surface area contributed by atoms with Crippen molar-refractivity contribution in [2.24, 2.45) is 5.73 Å². The molecule has 0 aliphatic heterocycles. The van der Waals surface area contributed by atoms with Crippen LogP contribution in [-0.2, 0) is 19.0 Å². The molecule has 0 bridgehead atoms. The van der Waals surface area contributed by atoms with Gasteiger partial charge in [-0.3, -0.25) is 0 Å². The molecule has 0 aliphatic rings. The normalized spacial score (nSPS) is 12.9. The van der Waals surface area contributed by atoms with Gasteiger partial charge < -0.3 is 5.73 Å². The third kappa shape index (κ3) is 5.26. The molecule has 0 spiro atoms. The van der Waals surface area contributed by atoms with Crippen molar-refractivity contribution >= 4 is 22.1 Å². The van der Waals surface area contributed by atoms with Gasteiger partial charge in [-0.15, -0.1) is 11.3 Å². The molecule has 3 nitrogen and oxygen atoms in total. The number of fused-ring (bicyclic) bond motifs is 1. The van der Waals surface area contributed by atoms with Gasteiger partial charge in [-0.2, -0.15) is 17.6 Å². The molecule has 0 saturated heterocycles. The molecule has 1 atom stereocenters. The summed E-state index contributed by atoms with van der Waals surface area (Å²) in [4.78, 5) is 9.10. The topological polar surface area (TPSA) is 51.8 Å². The summed E-state index contributed by atoms with van der Waals surface area (Å²) in [5, 5.41) is 2.57. The van der Waals surface area contributed by atoms with Crippen LogP contribution in [0.15, 0.2) is 60.9 Å². The Bertz CT molecular complexity index is 1190. The molecular formula is C23H19F4N3S. The van der Waals surface area contributed by atoms with Gasteiger partial charge in [0.25, 0.3) is 0 Å². The Labute approximate surface area is 180 Å². The molecule has 0 amide bonds. The number of nitrogens with two attached hydrogens (primary N) is 1. The quantitative estimate of drug-likeness (QED) is 0.292. The van der Waals surface area contributed by atoms with Crippen LogP contribution in [0.2, 0.25) is 0 Å². The largest absolute Gasteiger partial charge is 0.416 e. The van der Waals surface area contributed by atoms with Crippen LogP contribution < -0.4 is 5.73 Å². The van der Waals surface area contributed by atoms with Crippen molar-refractivity contribution in [1.82, 2.24) is 9.97 Å². The van der Waals surface area contributed by atoms with Crippen LogP contribution in [0, 0.1) is 5.95 Å². The number of rotatable bonds is 6. The number of alkyl halides is 3. The smallest absolute Gasteiger partial charge is 0.327 e. The second kappa shape index (κ2) is 8.72. The Balaban J connectivity index is 1.37. The van der Waals surface area contributed by atoms with E-state index in [1.165, 1.54) is 24.4 Å². The molecule has 2 N–H and O–H groups in total. The Kier molecular flexibility index (Phi) is 6.02. The Morgan fingerprint density at radius 3 is 2.45 bits per heavy atom. The van der Waals surface area contributed by atoms with Gasteiger partial charge in [-0.25, -0.2) is 9.97 Å². The molecule has 2 aromatic heterocycles. The van der Waals surface area contributed by atoms with Crippen LogP contribution in [0.25, 0.3) is 21.2 Å². The first kappa shape index (κ1) is 21.4. The Hall–Kier alpha value is -2.84. The molecule has 0 fully saturated rings. The predicted molar refractivity (Wildman–Crippen MR) is 114 cm³/mol. The lowest BCUT2D eigenvalue weighted by molar-refractivity contribution is -0.137. The molecule has 0 radical (unpaired) electrons. The van der Waals surface area contributed by atoms with Crippen molar-refractivity contribution in [1.29, 1.82) is 0 Å². The Morgan fingerprint density at radius 2 is 1.71 bits per heavy atom. The highest BCUT2D eigenvalue weighted by Gasteiger charge is 2.29. The summed E-state index contributed by atoms with van der Waals surface area (Å²) < 4.78 is 51.4. The fourth-order valence-electron chi connectivity index (χ4n) is 3.37. The maximum Gasteiger partial charge on any atom is 0.416 e. The zero-order chi connectivity index (χ0) is 22.0. The zero-order valence-electron chi connectivity index (χ0n) is 16.4. The van der Waals surface area contributed by atoms with Crippen LogP contribution in [0.3, 0.4) is 0 Å². The standard InChI is InChI=1S/C23H19F4N3S/c24-21-11-17-10-15(3-4-16(17)12-29-21)20-13-30-22(31-20)8-7-19(28)9-14-1-5-18(6-2-14)23(25,26)27/h1-6,10-13,19H,7-9,28H2/t19-/m1/s1. The summed E-state index contributed by atoms with van der Waals surface area (Å²) in [6, 6.07) is 12.1. The summed E-state index contributed by atoms with van der Waals surface area (Å²) >= 11 is 1.55. The maximum absolute atomic E-state index is 13.4. The summed E-state index contributed by atoms with van der Waals surface area (Å²) in [5.41, 5.74) is 7.26. The number of aromatic nitrogens is 2. The number of hydrogen-bond acceptors (Lipinski definition) is 4. The van der Waals surface area contributed by atoms with Crippen molar-refractivity contribution in [2.45, 2.75) is 31.5 Å². The predicted octanol–water partition coefficient (Wildman–Crippen LogP) is 6.02. The minimum Gasteiger partial charge on any atom is -0.327 e. The van der Waals surface area contributed by atoms with E-state index in [0.717, 1.165) is 43.9 Å². The third-order valence-corrected chi connectivity index (χ3v) is 6.14. The second-order valence-electron chi connectivity index (χ2n) is 7.38. The lowest BCUT2D eigenvalue weighted by atomic mass is 10.0. The number of hydrogen-bond donors (Lipinski definition) is 1. The van der Waals surface area contributed by atoms with Gasteiger partial charge in [0.05, 0.1) is 15.4 Å². The Morgan fingerprint density at radius 1 is 0.935 bits per heavy atom. The highest BCUT2D eigenvalue weighted by atomic mass is 32.1. The number of halogens is 4. The van der Waals surface area contributed by atoms with Crippen LogP contribution in [0.1, 0.15) is 22.6 Å². The van der Waals surface area contributed by atoms with E-state index in [2.05, 4.69) is 9.97 Å². The van der Waals surface area contributed by atoms with E-state index in [-0.39, 0.29) is 6.04 Å². The van der Waals surface area contributed by atoms with Crippen LogP contribution in [0.4, 0.5) is 17.6 Å². The molecular weight excluding hydrogens is 426 g/mol. The van der Waals surface area contributed by atoms with E-state index in [4.69, 9.17) is 5.73 Å². The highest BCUT2D eigenvalue weighted by molar-refractivity contribution is 7.15. The first-order chi connectivity index (χ1) is 14.8. The fourth-order valence-corrected chi connectivity index (χ4v) is 4.30. The second-order valence-corrected chi connectivity index (χ2v) is 8.50. The van der Waals surface area contributed by atoms with Gasteiger partial charge >= 0.3 is 6.18 Å². The molecule has 8 heteroatoms. The maximum atomic E-state index is 13.4. The molecule has 31 heavy (non-hydrogen) atoms. The van der Waals surface area contributed by atoms with E-state index in [1.807, 2.05) is 18.2 Å². The van der Waals surface area contributed by atoms with E-state index in [0.29, 0.717) is 19.3 Å². The minimum absolute atomic E-state index is 0.180. The summed E-state index contributed by atoms with van der Waals surface area (Å²) in [6.07, 6.45) is 0.811. The average Bonchev–Trinajstić information content (AvgIpc) is 3.20. The molecule has 0 saturated carbocycles. The molecule has 160 valence electrons. The molecule has 4 aromatic rings. The van der Waals surface area contributed by atoms with Crippen LogP contribution in [-0.4, -0.2) is 16.0 Å². The molecule has 2 aromatic carbocycles. The zero-order valence-corrected chi connectivity index (χ0v) is 17.2. The van der Waals surface area contributed by atoms with Crippen LogP contribution >= 0.6 is 11.3 Å². The first-order valence-electron chi connectivity index (χ1n) is 9.70. The van der Waals surface area contributed by atoms with Gasteiger partial charge in [-0.1, -0.05) is 24.3 Å². The average molecular weight is 445 g/mol. The van der Waals surface area contributed by atoms with Gasteiger partial charge in [0, 0.05) is 36.3 Å². The monoisotopic (exact) mass is 445 g/mol. The number of aryl methyl sites for hydroxylation is 1.